The number of rotatable bonds is 6. The van der Waals surface area contributed by atoms with Crippen molar-refractivity contribution in [2.45, 2.75) is 58.1 Å². The molecule has 20 heavy (non-hydrogen) atoms. The van der Waals surface area contributed by atoms with Gasteiger partial charge in [-0.05, 0) is 39.3 Å². The van der Waals surface area contributed by atoms with Crippen molar-refractivity contribution >= 4 is 6.03 Å². The van der Waals surface area contributed by atoms with Crippen LogP contribution in [0.25, 0.3) is 0 Å². The van der Waals surface area contributed by atoms with Gasteiger partial charge in [0.2, 0.25) is 0 Å². The first-order valence-corrected chi connectivity index (χ1v) is 7.56. The number of urea groups is 1. The molecule has 1 aliphatic carbocycles. The summed E-state index contributed by atoms with van der Waals surface area (Å²) in [6.45, 7) is 7.55. The second kappa shape index (κ2) is 6.76. The zero-order valence-electron chi connectivity index (χ0n) is 13.6. The second-order valence-electron chi connectivity index (χ2n) is 7.21. The highest BCUT2D eigenvalue weighted by Crippen LogP contribution is 2.28. The molecule has 0 saturated heterocycles. The number of nitrogens with zero attached hydrogens (tertiary/aromatic N) is 1. The molecule has 0 bridgehead atoms. The number of carbonyl (C=O) groups is 1. The van der Waals surface area contributed by atoms with Crippen LogP contribution in [0.15, 0.2) is 0 Å². The standard InChI is InChI=1S/C15H31N3O2/c1-12(14(2,3)11-18(4)5)17-13(19)16-10-15(20)8-6-7-9-15/h12,20H,6-11H2,1-5H3,(H2,16,17,19). The van der Waals surface area contributed by atoms with E-state index in [0.717, 1.165) is 32.2 Å². The Balaban J connectivity index is 2.37. The Bertz CT molecular complexity index is 323. The molecule has 5 heteroatoms. The van der Waals surface area contributed by atoms with Crippen molar-refractivity contribution in [2.75, 3.05) is 27.2 Å². The molecule has 1 rings (SSSR count). The van der Waals surface area contributed by atoms with E-state index in [1.165, 1.54) is 0 Å². The molecular formula is C15H31N3O2. The molecule has 1 saturated carbocycles. The van der Waals surface area contributed by atoms with E-state index in [2.05, 4.69) is 29.4 Å². The Morgan fingerprint density at radius 2 is 1.90 bits per heavy atom. The van der Waals surface area contributed by atoms with Gasteiger partial charge in [-0.3, -0.25) is 0 Å². The number of aliphatic hydroxyl groups is 1. The molecule has 2 amide bonds. The molecule has 1 fully saturated rings. The Morgan fingerprint density at radius 3 is 2.40 bits per heavy atom. The highest BCUT2D eigenvalue weighted by molar-refractivity contribution is 5.74. The van der Waals surface area contributed by atoms with E-state index in [-0.39, 0.29) is 17.5 Å². The van der Waals surface area contributed by atoms with E-state index in [9.17, 15) is 9.90 Å². The molecule has 118 valence electrons. The molecule has 0 radical (unpaired) electrons. The highest BCUT2D eigenvalue weighted by Gasteiger charge is 2.32. The zero-order valence-corrected chi connectivity index (χ0v) is 13.6. The molecule has 0 aromatic rings. The summed E-state index contributed by atoms with van der Waals surface area (Å²) in [5.41, 5.74) is -0.704. The molecule has 3 N–H and O–H groups in total. The molecule has 0 aromatic heterocycles. The van der Waals surface area contributed by atoms with Crippen LogP contribution >= 0.6 is 0 Å². The summed E-state index contributed by atoms with van der Waals surface area (Å²) in [7, 11) is 4.06. The first-order chi connectivity index (χ1) is 9.15. The maximum Gasteiger partial charge on any atom is 0.315 e. The third-order valence-corrected chi connectivity index (χ3v) is 4.36. The van der Waals surface area contributed by atoms with Crippen molar-refractivity contribution in [3.8, 4) is 0 Å². The average molecular weight is 285 g/mol. The molecule has 0 aliphatic heterocycles. The fraction of sp³-hybridized carbons (Fsp3) is 0.933. The Morgan fingerprint density at radius 1 is 1.35 bits per heavy atom. The van der Waals surface area contributed by atoms with Gasteiger partial charge in [-0.15, -0.1) is 0 Å². The highest BCUT2D eigenvalue weighted by atomic mass is 16.3. The number of hydrogen-bond donors (Lipinski definition) is 3. The summed E-state index contributed by atoms with van der Waals surface area (Å²) >= 11 is 0. The normalized spacial score (nSPS) is 19.9. The predicted octanol–water partition coefficient (Wildman–Crippen LogP) is 1.57. The van der Waals surface area contributed by atoms with Crippen LogP contribution in [-0.2, 0) is 0 Å². The molecule has 1 aliphatic rings. The van der Waals surface area contributed by atoms with Gasteiger partial charge in [0.05, 0.1) is 5.60 Å². The minimum atomic E-state index is -0.695. The topological polar surface area (TPSA) is 64.6 Å². The quantitative estimate of drug-likeness (QED) is 0.694. The molecule has 1 unspecified atom stereocenters. The van der Waals surface area contributed by atoms with E-state index < -0.39 is 5.60 Å². The molecule has 0 aromatic carbocycles. The van der Waals surface area contributed by atoms with Gasteiger partial charge in [0.15, 0.2) is 0 Å². The Kier molecular flexibility index (Phi) is 5.83. The van der Waals surface area contributed by atoms with Crippen LogP contribution in [0, 0.1) is 5.41 Å². The molecule has 0 heterocycles. The van der Waals surface area contributed by atoms with Gasteiger partial charge < -0.3 is 20.6 Å². The summed E-state index contributed by atoms with van der Waals surface area (Å²) < 4.78 is 0. The van der Waals surface area contributed by atoms with Crippen LogP contribution in [0.3, 0.4) is 0 Å². The summed E-state index contributed by atoms with van der Waals surface area (Å²) in [5, 5.41) is 16.0. The van der Waals surface area contributed by atoms with Crippen LogP contribution < -0.4 is 10.6 Å². The summed E-state index contributed by atoms with van der Waals surface area (Å²) in [6.07, 6.45) is 3.67. The van der Waals surface area contributed by atoms with Gasteiger partial charge in [-0.25, -0.2) is 4.79 Å². The van der Waals surface area contributed by atoms with Crippen molar-refractivity contribution in [3.05, 3.63) is 0 Å². The molecule has 0 spiro atoms. The van der Waals surface area contributed by atoms with Crippen LogP contribution in [0.5, 0.6) is 0 Å². The zero-order chi connectivity index (χ0) is 15.4. The summed E-state index contributed by atoms with van der Waals surface area (Å²) in [4.78, 5) is 14.1. The maximum absolute atomic E-state index is 11.9. The largest absolute Gasteiger partial charge is 0.388 e. The lowest BCUT2D eigenvalue weighted by atomic mass is 9.85. The fourth-order valence-electron chi connectivity index (χ4n) is 2.85. The summed E-state index contributed by atoms with van der Waals surface area (Å²) in [6, 6.07) is -0.132. The first kappa shape index (κ1) is 17.2. The van der Waals surface area contributed by atoms with Crippen molar-refractivity contribution in [2.24, 2.45) is 5.41 Å². The van der Waals surface area contributed by atoms with Crippen molar-refractivity contribution < 1.29 is 9.90 Å². The van der Waals surface area contributed by atoms with Gasteiger partial charge in [0, 0.05) is 19.1 Å². The van der Waals surface area contributed by atoms with Crippen molar-refractivity contribution in [3.63, 3.8) is 0 Å². The van der Waals surface area contributed by atoms with Crippen LogP contribution in [0.2, 0.25) is 0 Å². The monoisotopic (exact) mass is 285 g/mol. The van der Waals surface area contributed by atoms with E-state index in [1.807, 2.05) is 21.0 Å². The first-order valence-electron chi connectivity index (χ1n) is 7.56. The fourth-order valence-corrected chi connectivity index (χ4v) is 2.85. The predicted molar refractivity (Wildman–Crippen MR) is 81.7 cm³/mol. The van der Waals surface area contributed by atoms with Crippen LogP contribution in [0.1, 0.15) is 46.5 Å². The van der Waals surface area contributed by atoms with E-state index in [0.29, 0.717) is 6.54 Å². The van der Waals surface area contributed by atoms with Gasteiger partial charge in [-0.2, -0.15) is 0 Å². The average Bonchev–Trinajstić information content (AvgIpc) is 2.72. The number of hydrogen-bond acceptors (Lipinski definition) is 3. The SMILES string of the molecule is CC(NC(=O)NCC1(O)CCCC1)C(C)(C)CN(C)C. The third-order valence-electron chi connectivity index (χ3n) is 4.36. The van der Waals surface area contributed by atoms with Crippen molar-refractivity contribution in [1.29, 1.82) is 0 Å². The lowest BCUT2D eigenvalue weighted by molar-refractivity contribution is 0.0497. The number of carbonyl (C=O) groups excluding carboxylic acids is 1. The number of nitrogens with one attached hydrogen (secondary N) is 2. The lowest BCUT2D eigenvalue weighted by Crippen LogP contribution is -2.52. The second-order valence-corrected chi connectivity index (χ2v) is 7.21. The molecular weight excluding hydrogens is 254 g/mol. The van der Waals surface area contributed by atoms with Gasteiger partial charge in [0.1, 0.15) is 0 Å². The van der Waals surface area contributed by atoms with Gasteiger partial charge >= 0.3 is 6.03 Å². The minimum absolute atomic E-state index is 0.00883. The minimum Gasteiger partial charge on any atom is -0.388 e. The Labute approximate surface area is 123 Å². The van der Waals surface area contributed by atoms with Crippen LogP contribution in [0.4, 0.5) is 4.79 Å². The van der Waals surface area contributed by atoms with E-state index >= 15 is 0 Å². The lowest BCUT2D eigenvalue weighted by Gasteiger charge is -2.35. The van der Waals surface area contributed by atoms with Crippen LogP contribution in [-0.4, -0.2) is 54.9 Å². The van der Waals surface area contributed by atoms with Gasteiger partial charge in [0.25, 0.3) is 0 Å². The van der Waals surface area contributed by atoms with E-state index in [4.69, 9.17) is 0 Å². The Hall–Kier alpha value is -0.810. The molecule has 1 atom stereocenters. The summed E-state index contributed by atoms with van der Waals surface area (Å²) in [5.74, 6) is 0. The third kappa shape index (κ3) is 5.29. The molecule has 5 nitrogen and oxygen atoms in total. The van der Waals surface area contributed by atoms with Gasteiger partial charge in [-0.1, -0.05) is 26.7 Å². The number of amides is 2. The maximum atomic E-state index is 11.9. The van der Waals surface area contributed by atoms with Crippen molar-refractivity contribution in [1.82, 2.24) is 15.5 Å². The smallest absolute Gasteiger partial charge is 0.315 e. The van der Waals surface area contributed by atoms with E-state index in [1.54, 1.807) is 0 Å².